The van der Waals surface area contributed by atoms with Crippen LogP contribution >= 0.6 is 11.3 Å². The fourth-order valence-electron chi connectivity index (χ4n) is 4.98. The summed E-state index contributed by atoms with van der Waals surface area (Å²) in [5.41, 5.74) is 1.13. The SMILES string of the molecule is COc1ccc(S(=O)(=O)N(C)C[C@@H]2Oc3c(NC(=O)c4nc5ccccc5s4)cccc3C(=O)N([C@H](C)CO)C[C@@H]2C)cc1. The van der Waals surface area contributed by atoms with E-state index < -0.39 is 28.1 Å². The van der Waals surface area contributed by atoms with Gasteiger partial charge in [-0.15, -0.1) is 11.3 Å². The number of carbonyl (C=O) groups excluding carboxylic acids is 2. The molecule has 0 aliphatic carbocycles. The van der Waals surface area contributed by atoms with E-state index >= 15 is 0 Å². The second-order valence-corrected chi connectivity index (χ2v) is 13.8. The number of aromatic nitrogens is 1. The summed E-state index contributed by atoms with van der Waals surface area (Å²) in [5.74, 6) is -0.552. The smallest absolute Gasteiger partial charge is 0.284 e. The van der Waals surface area contributed by atoms with Crippen molar-refractivity contribution < 1.29 is 32.6 Å². The lowest BCUT2D eigenvalue weighted by atomic mass is 9.99. The summed E-state index contributed by atoms with van der Waals surface area (Å²) in [7, 11) is -0.938. The van der Waals surface area contributed by atoms with Crippen LogP contribution in [0.1, 0.15) is 34.0 Å². The number of nitrogens with one attached hydrogen (secondary N) is 1. The molecule has 5 rings (SSSR count). The van der Waals surface area contributed by atoms with Gasteiger partial charge in [0.05, 0.1) is 52.7 Å². The molecule has 0 spiro atoms. The van der Waals surface area contributed by atoms with Gasteiger partial charge in [0.1, 0.15) is 11.9 Å². The summed E-state index contributed by atoms with van der Waals surface area (Å²) in [6.45, 7) is 3.49. The summed E-state index contributed by atoms with van der Waals surface area (Å²) in [4.78, 5) is 33.2. The van der Waals surface area contributed by atoms with E-state index in [1.165, 1.54) is 41.9 Å². The van der Waals surface area contributed by atoms with Crippen molar-refractivity contribution in [3.63, 3.8) is 0 Å². The van der Waals surface area contributed by atoms with Gasteiger partial charge < -0.3 is 24.8 Å². The highest BCUT2D eigenvalue weighted by molar-refractivity contribution is 7.89. The predicted molar refractivity (Wildman–Crippen MR) is 168 cm³/mol. The molecule has 4 aromatic rings. The van der Waals surface area contributed by atoms with Crippen LogP contribution in [0.4, 0.5) is 5.69 Å². The number of methoxy groups -OCH3 is 1. The van der Waals surface area contributed by atoms with Gasteiger partial charge in [-0.3, -0.25) is 9.59 Å². The Labute approximate surface area is 260 Å². The minimum atomic E-state index is -3.91. The molecule has 0 bridgehead atoms. The number of amides is 2. The van der Waals surface area contributed by atoms with Crippen molar-refractivity contribution in [2.45, 2.75) is 30.9 Å². The summed E-state index contributed by atoms with van der Waals surface area (Å²) >= 11 is 1.24. The fourth-order valence-corrected chi connectivity index (χ4v) is 7.03. The summed E-state index contributed by atoms with van der Waals surface area (Å²) in [6.07, 6.45) is -0.728. The van der Waals surface area contributed by atoms with Crippen LogP contribution in [0.3, 0.4) is 0 Å². The van der Waals surface area contributed by atoms with Gasteiger partial charge in [0.2, 0.25) is 10.0 Å². The number of benzene rings is 3. The lowest BCUT2D eigenvalue weighted by molar-refractivity contribution is 0.0388. The van der Waals surface area contributed by atoms with Gasteiger partial charge in [-0.05, 0) is 55.5 Å². The molecule has 44 heavy (non-hydrogen) atoms. The molecule has 13 heteroatoms. The normalized spacial score (nSPS) is 17.9. The summed E-state index contributed by atoms with van der Waals surface area (Å²) in [6, 6.07) is 17.8. The molecule has 2 N–H and O–H groups in total. The summed E-state index contributed by atoms with van der Waals surface area (Å²) < 4.78 is 40.7. The standard InChI is InChI=1S/C31H34N4O7S2/c1-19-16-35(20(2)18-36)31(38)23-8-7-10-25(32-29(37)30-33-24-9-5-6-11-27(24)43-30)28(23)42-26(19)17-34(3)44(39,40)22-14-12-21(41-4)13-15-22/h5-15,19-20,26,36H,16-18H2,1-4H3,(H,32,37)/t19-,20+,26-/m0/s1. The van der Waals surface area contributed by atoms with E-state index in [9.17, 15) is 23.1 Å². The molecule has 0 saturated carbocycles. The van der Waals surface area contributed by atoms with E-state index in [1.807, 2.05) is 31.2 Å². The van der Waals surface area contributed by atoms with Crippen molar-refractivity contribution in [1.29, 1.82) is 0 Å². The molecule has 0 radical (unpaired) electrons. The summed E-state index contributed by atoms with van der Waals surface area (Å²) in [5, 5.41) is 13.0. The Kier molecular flexibility index (Phi) is 9.20. The zero-order valence-electron chi connectivity index (χ0n) is 24.8. The number of rotatable bonds is 9. The number of hydrogen-bond acceptors (Lipinski definition) is 9. The maximum Gasteiger partial charge on any atom is 0.284 e. The van der Waals surface area contributed by atoms with Crippen LogP contribution in [0.15, 0.2) is 71.6 Å². The number of aliphatic hydroxyl groups is 1. The number of carbonyl (C=O) groups is 2. The Balaban J connectivity index is 1.50. The van der Waals surface area contributed by atoms with E-state index in [-0.39, 0.29) is 58.4 Å². The van der Waals surface area contributed by atoms with E-state index in [2.05, 4.69) is 10.3 Å². The first-order chi connectivity index (χ1) is 21.0. The zero-order valence-corrected chi connectivity index (χ0v) is 26.4. The van der Waals surface area contributed by atoms with Crippen LogP contribution in [-0.2, 0) is 10.0 Å². The number of nitrogens with zero attached hydrogens (tertiary/aromatic N) is 3. The number of sulfonamides is 1. The van der Waals surface area contributed by atoms with Crippen molar-refractivity contribution in [1.82, 2.24) is 14.2 Å². The van der Waals surface area contributed by atoms with Gasteiger partial charge in [0.15, 0.2) is 10.8 Å². The number of para-hydroxylation sites is 2. The molecular formula is C31H34N4O7S2. The lowest BCUT2D eigenvalue weighted by Crippen LogP contribution is -2.50. The first kappa shape index (κ1) is 31.4. The number of thiazole rings is 1. The maximum absolute atomic E-state index is 13.8. The van der Waals surface area contributed by atoms with E-state index in [1.54, 1.807) is 42.2 Å². The van der Waals surface area contributed by atoms with E-state index in [0.29, 0.717) is 11.3 Å². The lowest BCUT2D eigenvalue weighted by Gasteiger charge is -2.38. The third-order valence-corrected chi connectivity index (χ3v) is 10.5. The average Bonchev–Trinajstić information content (AvgIpc) is 3.47. The van der Waals surface area contributed by atoms with Crippen LogP contribution < -0.4 is 14.8 Å². The topological polar surface area (TPSA) is 138 Å². The number of fused-ring (bicyclic) bond motifs is 2. The first-order valence-electron chi connectivity index (χ1n) is 14.0. The molecule has 1 aliphatic rings. The zero-order chi connectivity index (χ0) is 31.6. The van der Waals surface area contributed by atoms with Crippen molar-refractivity contribution in [3.8, 4) is 11.5 Å². The Morgan fingerprint density at radius 1 is 1.18 bits per heavy atom. The van der Waals surface area contributed by atoms with Crippen LogP contribution in [0, 0.1) is 5.92 Å². The largest absolute Gasteiger partial charge is 0.497 e. The minimum Gasteiger partial charge on any atom is -0.497 e. The number of likely N-dealkylation sites (N-methyl/N-ethyl adjacent to an activating group) is 1. The number of aliphatic hydroxyl groups excluding tert-OH is 1. The molecule has 0 unspecified atom stereocenters. The van der Waals surface area contributed by atoms with Crippen molar-refractivity contribution in [3.05, 3.63) is 77.3 Å². The molecule has 1 aliphatic heterocycles. The molecule has 11 nitrogen and oxygen atoms in total. The fraction of sp³-hybridized carbons (Fsp3) is 0.323. The quantitative estimate of drug-likeness (QED) is 0.280. The minimum absolute atomic E-state index is 0.0509. The van der Waals surface area contributed by atoms with Crippen molar-refractivity contribution in [2.24, 2.45) is 5.92 Å². The average molecular weight is 639 g/mol. The Bertz CT molecular complexity index is 1740. The molecule has 0 saturated heterocycles. The van der Waals surface area contributed by atoms with E-state index in [0.717, 1.165) is 4.70 Å². The highest BCUT2D eigenvalue weighted by Gasteiger charge is 2.36. The van der Waals surface area contributed by atoms with Gasteiger partial charge in [0, 0.05) is 19.5 Å². The highest BCUT2D eigenvalue weighted by atomic mass is 32.2. The third kappa shape index (κ3) is 6.27. The molecule has 0 fully saturated rings. The van der Waals surface area contributed by atoms with Crippen molar-refractivity contribution >= 4 is 49.1 Å². The predicted octanol–water partition coefficient (Wildman–Crippen LogP) is 4.10. The maximum atomic E-state index is 13.8. The number of anilines is 1. The molecular weight excluding hydrogens is 604 g/mol. The Hall–Kier alpha value is -4.04. The first-order valence-corrected chi connectivity index (χ1v) is 16.3. The van der Waals surface area contributed by atoms with Crippen molar-refractivity contribution in [2.75, 3.05) is 39.2 Å². The van der Waals surface area contributed by atoms with Crippen LogP contribution in [0.2, 0.25) is 0 Å². The molecule has 2 amide bonds. The monoisotopic (exact) mass is 638 g/mol. The molecule has 232 valence electrons. The van der Waals surface area contributed by atoms with Gasteiger partial charge >= 0.3 is 0 Å². The van der Waals surface area contributed by atoms with Gasteiger partial charge in [-0.1, -0.05) is 25.1 Å². The highest BCUT2D eigenvalue weighted by Crippen LogP contribution is 2.36. The van der Waals surface area contributed by atoms with Crippen LogP contribution in [0.5, 0.6) is 11.5 Å². The second kappa shape index (κ2) is 12.9. The number of ether oxygens (including phenoxy) is 2. The second-order valence-electron chi connectivity index (χ2n) is 10.7. The Morgan fingerprint density at radius 3 is 2.59 bits per heavy atom. The van der Waals surface area contributed by atoms with Crippen LogP contribution in [0.25, 0.3) is 10.2 Å². The van der Waals surface area contributed by atoms with E-state index in [4.69, 9.17) is 9.47 Å². The molecule has 3 atom stereocenters. The van der Waals surface area contributed by atoms with Gasteiger partial charge in [0.25, 0.3) is 11.8 Å². The number of hydrogen-bond donors (Lipinski definition) is 2. The van der Waals surface area contributed by atoms with Crippen LogP contribution in [-0.4, -0.2) is 85.5 Å². The third-order valence-electron chi connectivity index (χ3n) is 7.63. The van der Waals surface area contributed by atoms with Gasteiger partial charge in [-0.25, -0.2) is 13.4 Å². The molecule has 3 aromatic carbocycles. The van der Waals surface area contributed by atoms with Gasteiger partial charge in [-0.2, -0.15) is 4.31 Å². The molecule has 1 aromatic heterocycles. The molecule has 2 heterocycles. The Morgan fingerprint density at radius 2 is 1.91 bits per heavy atom.